The van der Waals surface area contributed by atoms with Crippen LogP contribution in [0.5, 0.6) is 0 Å². The second-order valence-corrected chi connectivity index (χ2v) is 6.97. The van der Waals surface area contributed by atoms with Gasteiger partial charge in [0.1, 0.15) is 0 Å². The third-order valence-electron chi connectivity index (χ3n) is 5.56. The lowest BCUT2D eigenvalue weighted by Gasteiger charge is -2.32. The summed E-state index contributed by atoms with van der Waals surface area (Å²) in [7, 11) is 4.30. The first-order valence-electron chi connectivity index (χ1n) is 9.15. The van der Waals surface area contributed by atoms with E-state index in [4.69, 9.17) is 0 Å². The van der Waals surface area contributed by atoms with Gasteiger partial charge in [0.05, 0.1) is 13.1 Å². The third kappa shape index (κ3) is 3.65. The van der Waals surface area contributed by atoms with Gasteiger partial charge in [-0.05, 0) is 36.5 Å². The van der Waals surface area contributed by atoms with E-state index in [1.807, 2.05) is 0 Å². The van der Waals surface area contributed by atoms with Crippen molar-refractivity contribution in [3.05, 3.63) is 72.3 Å². The highest BCUT2D eigenvalue weighted by Gasteiger charge is 2.26. The van der Waals surface area contributed by atoms with Crippen LogP contribution in [-0.2, 0) is 14.1 Å². The Morgan fingerprint density at radius 2 is 1.46 bits per heavy atom. The van der Waals surface area contributed by atoms with Crippen LogP contribution >= 0.6 is 0 Å². The Hall–Kier alpha value is -1.82. The smallest absolute Gasteiger partial charge is 0.240 e. The summed E-state index contributed by atoms with van der Waals surface area (Å²) in [4.78, 5) is 2.53. The van der Waals surface area contributed by atoms with E-state index < -0.39 is 0 Å². The van der Waals surface area contributed by atoms with Crippen molar-refractivity contribution in [3.63, 3.8) is 0 Å². The molecular weight excluding hydrogens is 433 g/mol. The summed E-state index contributed by atoms with van der Waals surface area (Å²) < 4.78 is 4.51. The molecule has 26 heavy (non-hydrogen) atoms. The first-order valence-corrected chi connectivity index (χ1v) is 9.15. The zero-order valence-corrected chi connectivity index (χ0v) is 17.6. The van der Waals surface area contributed by atoms with Gasteiger partial charge in [0, 0.05) is 18.7 Å². The first kappa shape index (κ1) is 19.0. The Balaban J connectivity index is 0.00000196. The van der Waals surface area contributed by atoms with Crippen LogP contribution in [-0.4, -0.2) is 17.8 Å². The summed E-state index contributed by atoms with van der Waals surface area (Å²) in [5.41, 5.74) is 4.03. The van der Waals surface area contributed by atoms with Gasteiger partial charge in [0.15, 0.2) is 12.9 Å². The van der Waals surface area contributed by atoms with E-state index in [9.17, 15) is 0 Å². The van der Waals surface area contributed by atoms with Crippen LogP contribution in [0.3, 0.4) is 0 Å². The fraction of sp³-hybridized carbons (Fsp3) is 0.318. The molecule has 3 aromatic rings. The molecule has 1 aliphatic rings. The lowest BCUT2D eigenvalue weighted by Crippen LogP contribution is -3.00. The molecule has 0 unspecified atom stereocenters. The molecule has 4 rings (SSSR count). The van der Waals surface area contributed by atoms with Crippen LogP contribution in [0.1, 0.15) is 24.3 Å². The quantitative estimate of drug-likeness (QED) is 0.419. The molecule has 1 aromatic heterocycles. The van der Waals surface area contributed by atoms with Gasteiger partial charge in [-0.3, -0.25) is 0 Å². The second-order valence-electron chi connectivity index (χ2n) is 6.97. The van der Waals surface area contributed by atoms with E-state index in [1.165, 1.54) is 35.5 Å². The molecule has 3 nitrogen and oxygen atoms in total. The lowest BCUT2D eigenvalue weighted by atomic mass is 9.89. The summed E-state index contributed by atoms with van der Waals surface area (Å²) in [6.07, 6.45) is 2.44. The van der Waals surface area contributed by atoms with E-state index in [2.05, 4.69) is 95.1 Å². The number of rotatable bonds is 3. The zero-order chi connectivity index (χ0) is 17.2. The summed E-state index contributed by atoms with van der Waals surface area (Å²) in [6.45, 7) is 2.23. The summed E-state index contributed by atoms with van der Waals surface area (Å²) >= 11 is 0. The predicted molar refractivity (Wildman–Crippen MR) is 103 cm³/mol. The Morgan fingerprint density at radius 1 is 0.885 bits per heavy atom. The van der Waals surface area contributed by atoms with Gasteiger partial charge in [0.2, 0.25) is 5.69 Å². The second kappa shape index (κ2) is 8.25. The van der Waals surface area contributed by atoms with Gasteiger partial charge in [-0.1, -0.05) is 48.5 Å². The fourth-order valence-corrected chi connectivity index (χ4v) is 3.97. The minimum absolute atomic E-state index is 0. The van der Waals surface area contributed by atoms with Crippen molar-refractivity contribution in [2.24, 2.45) is 14.1 Å². The molecule has 0 radical (unpaired) electrons. The van der Waals surface area contributed by atoms with E-state index >= 15 is 0 Å². The highest BCUT2D eigenvalue weighted by atomic mass is 127. The average molecular weight is 459 g/mol. The van der Waals surface area contributed by atoms with Crippen LogP contribution in [0.15, 0.2) is 66.7 Å². The zero-order valence-electron chi connectivity index (χ0n) is 15.5. The molecule has 0 atom stereocenters. The Morgan fingerprint density at radius 3 is 2.08 bits per heavy atom. The molecular formula is C22H26IN3. The number of hydrogen-bond acceptors (Lipinski definition) is 1. The molecule has 0 N–H and O–H groups in total. The van der Waals surface area contributed by atoms with Gasteiger partial charge < -0.3 is 28.9 Å². The maximum atomic E-state index is 2.53. The molecule has 4 heteroatoms. The number of nitrogens with zero attached hydrogens (tertiary/aromatic N) is 3. The molecule has 0 spiro atoms. The molecule has 0 amide bonds. The van der Waals surface area contributed by atoms with Crippen LogP contribution in [0.4, 0.5) is 5.82 Å². The Labute approximate surface area is 173 Å². The van der Waals surface area contributed by atoms with Crippen molar-refractivity contribution >= 4 is 5.82 Å². The van der Waals surface area contributed by atoms with Crippen LogP contribution in [0.25, 0.3) is 11.3 Å². The van der Waals surface area contributed by atoms with E-state index in [-0.39, 0.29) is 24.0 Å². The summed E-state index contributed by atoms with van der Waals surface area (Å²) in [5.74, 6) is 2.01. The molecule has 136 valence electrons. The number of piperidine rings is 1. The Bertz CT molecular complexity index is 835. The third-order valence-corrected chi connectivity index (χ3v) is 5.56. The molecule has 1 fully saturated rings. The summed E-state index contributed by atoms with van der Waals surface area (Å²) in [5, 5.41) is 0. The standard InChI is InChI=1S/C22H26N3.HI/c1-23-21(20-11-7-4-8-12-20)17-22(24(23)2)25-15-13-19(14-16-25)18-9-5-3-6-10-18;/h3-12,17,19H,13-16H2,1-2H3;1H/q+1;/p-1. The van der Waals surface area contributed by atoms with Crippen molar-refractivity contribution < 1.29 is 28.7 Å². The Kier molecular flexibility index (Phi) is 6.01. The van der Waals surface area contributed by atoms with Crippen molar-refractivity contribution in [1.82, 2.24) is 4.68 Å². The number of benzene rings is 2. The topological polar surface area (TPSA) is 12.1 Å². The van der Waals surface area contributed by atoms with Crippen LogP contribution in [0, 0.1) is 0 Å². The lowest BCUT2D eigenvalue weighted by molar-refractivity contribution is -0.740. The molecule has 1 aliphatic heterocycles. The van der Waals surface area contributed by atoms with E-state index in [1.54, 1.807) is 0 Å². The van der Waals surface area contributed by atoms with Crippen molar-refractivity contribution in [3.8, 4) is 11.3 Å². The van der Waals surface area contributed by atoms with Gasteiger partial charge in [-0.25, -0.2) is 0 Å². The van der Waals surface area contributed by atoms with Crippen molar-refractivity contribution in [2.45, 2.75) is 18.8 Å². The van der Waals surface area contributed by atoms with Crippen LogP contribution in [0.2, 0.25) is 0 Å². The highest BCUT2D eigenvalue weighted by molar-refractivity contribution is 5.60. The predicted octanol–water partition coefficient (Wildman–Crippen LogP) is 0.905. The van der Waals surface area contributed by atoms with E-state index in [0.29, 0.717) is 5.92 Å². The van der Waals surface area contributed by atoms with Gasteiger partial charge in [0.25, 0.3) is 0 Å². The average Bonchev–Trinajstić information content (AvgIpc) is 2.98. The minimum Gasteiger partial charge on any atom is -1.00 e. The highest BCUT2D eigenvalue weighted by Crippen LogP contribution is 2.31. The normalized spacial score (nSPS) is 14.9. The number of aromatic nitrogens is 2. The van der Waals surface area contributed by atoms with Crippen molar-refractivity contribution in [2.75, 3.05) is 18.0 Å². The molecule has 0 aliphatic carbocycles. The largest absolute Gasteiger partial charge is 1.00 e. The van der Waals surface area contributed by atoms with Crippen LogP contribution < -0.4 is 33.6 Å². The van der Waals surface area contributed by atoms with Crippen molar-refractivity contribution in [1.29, 1.82) is 0 Å². The number of halogens is 1. The fourth-order valence-electron chi connectivity index (χ4n) is 3.97. The van der Waals surface area contributed by atoms with E-state index in [0.717, 1.165) is 13.1 Å². The summed E-state index contributed by atoms with van der Waals surface area (Å²) in [6, 6.07) is 23.9. The maximum absolute atomic E-state index is 2.53. The number of hydrogen-bond donors (Lipinski definition) is 0. The maximum Gasteiger partial charge on any atom is 0.240 e. The first-order chi connectivity index (χ1) is 12.2. The molecule has 1 saturated heterocycles. The minimum atomic E-state index is 0. The monoisotopic (exact) mass is 459 g/mol. The molecule has 0 saturated carbocycles. The molecule has 2 aromatic carbocycles. The van der Waals surface area contributed by atoms with Gasteiger partial charge in [-0.15, -0.1) is 9.36 Å². The molecule has 0 bridgehead atoms. The molecule has 2 heterocycles. The van der Waals surface area contributed by atoms with Gasteiger partial charge >= 0.3 is 0 Å². The SMILES string of the molecule is Cn1c(N2CCC(c3ccccc3)CC2)cc(-c2ccccc2)[n+]1C.[I-]. The van der Waals surface area contributed by atoms with Gasteiger partial charge in [-0.2, -0.15) is 0 Å². The number of anilines is 1.